The van der Waals surface area contributed by atoms with Crippen LogP contribution in [0.15, 0.2) is 18.2 Å². The van der Waals surface area contributed by atoms with Crippen LogP contribution in [-0.2, 0) is 0 Å². The van der Waals surface area contributed by atoms with Gasteiger partial charge in [-0.2, -0.15) is 0 Å². The van der Waals surface area contributed by atoms with Gasteiger partial charge in [0.2, 0.25) is 0 Å². The Bertz CT molecular complexity index is 398. The molecule has 0 atom stereocenters. The summed E-state index contributed by atoms with van der Waals surface area (Å²) in [6.45, 7) is 0. The fourth-order valence-electron chi connectivity index (χ4n) is 2.12. The predicted octanol–water partition coefficient (Wildman–Crippen LogP) is 2.32. The Morgan fingerprint density at radius 2 is 2.06 bits per heavy atom. The van der Waals surface area contributed by atoms with Gasteiger partial charge in [0.05, 0.1) is 16.9 Å². The second kappa shape index (κ2) is 4.43. The molecule has 0 heterocycles. The number of benzene rings is 1. The van der Waals surface area contributed by atoms with E-state index >= 15 is 0 Å². The van der Waals surface area contributed by atoms with E-state index in [4.69, 9.17) is 10.8 Å². The Hall–Kier alpha value is -1.71. The summed E-state index contributed by atoms with van der Waals surface area (Å²) in [5.74, 6) is -0.945. The van der Waals surface area contributed by atoms with E-state index in [0.717, 1.165) is 5.69 Å². The summed E-state index contributed by atoms with van der Waals surface area (Å²) >= 11 is 0. The SMILES string of the molecule is Nc1cc(C(=O)O)ccc1NC1CCCC1. The van der Waals surface area contributed by atoms with Crippen molar-refractivity contribution in [3.63, 3.8) is 0 Å². The average Bonchev–Trinajstić information content (AvgIpc) is 2.73. The van der Waals surface area contributed by atoms with Crippen molar-refractivity contribution in [3.8, 4) is 0 Å². The summed E-state index contributed by atoms with van der Waals surface area (Å²) in [5.41, 5.74) is 7.39. The Morgan fingerprint density at radius 3 is 2.62 bits per heavy atom. The van der Waals surface area contributed by atoms with E-state index in [1.54, 1.807) is 12.1 Å². The maximum absolute atomic E-state index is 10.7. The lowest BCUT2D eigenvalue weighted by molar-refractivity contribution is 0.0697. The zero-order valence-corrected chi connectivity index (χ0v) is 9.07. The van der Waals surface area contributed by atoms with Gasteiger partial charge in [0.25, 0.3) is 0 Å². The number of carboxylic acids is 1. The normalized spacial score (nSPS) is 16.2. The molecule has 1 fully saturated rings. The first kappa shape index (κ1) is 10.8. The molecule has 4 nitrogen and oxygen atoms in total. The van der Waals surface area contributed by atoms with Crippen molar-refractivity contribution >= 4 is 17.3 Å². The van der Waals surface area contributed by atoms with Crippen molar-refractivity contribution in [2.24, 2.45) is 0 Å². The van der Waals surface area contributed by atoms with E-state index in [1.165, 1.54) is 31.7 Å². The van der Waals surface area contributed by atoms with Crippen molar-refractivity contribution in [2.75, 3.05) is 11.1 Å². The van der Waals surface area contributed by atoms with Crippen LogP contribution in [0, 0.1) is 0 Å². The number of rotatable bonds is 3. The summed E-state index contributed by atoms with van der Waals surface area (Å²) in [4.78, 5) is 10.7. The molecule has 86 valence electrons. The lowest BCUT2D eigenvalue weighted by Crippen LogP contribution is -2.15. The van der Waals surface area contributed by atoms with Crippen molar-refractivity contribution in [2.45, 2.75) is 31.7 Å². The molecule has 4 heteroatoms. The van der Waals surface area contributed by atoms with Crippen LogP contribution in [0.2, 0.25) is 0 Å². The van der Waals surface area contributed by atoms with E-state index in [0.29, 0.717) is 11.7 Å². The molecule has 0 amide bonds. The van der Waals surface area contributed by atoms with Crippen molar-refractivity contribution in [3.05, 3.63) is 23.8 Å². The van der Waals surface area contributed by atoms with Gasteiger partial charge in [-0.25, -0.2) is 4.79 Å². The Labute approximate surface area is 94.5 Å². The topological polar surface area (TPSA) is 75.4 Å². The molecule has 0 aromatic heterocycles. The second-order valence-electron chi connectivity index (χ2n) is 4.23. The van der Waals surface area contributed by atoms with Crippen molar-refractivity contribution in [1.82, 2.24) is 0 Å². The molecule has 4 N–H and O–H groups in total. The third-order valence-corrected chi connectivity index (χ3v) is 3.01. The molecule has 0 spiro atoms. The number of carboxylic acid groups (broad SMARTS) is 1. The molecule has 1 saturated carbocycles. The summed E-state index contributed by atoms with van der Waals surface area (Å²) < 4.78 is 0. The molecule has 0 aliphatic heterocycles. The largest absolute Gasteiger partial charge is 0.478 e. The minimum Gasteiger partial charge on any atom is -0.478 e. The standard InChI is InChI=1S/C12H16N2O2/c13-10-7-8(12(15)16)5-6-11(10)14-9-3-1-2-4-9/h5-7,9,14H,1-4,13H2,(H,15,16). The van der Waals surface area contributed by atoms with Crippen LogP contribution in [0.25, 0.3) is 0 Å². The third-order valence-electron chi connectivity index (χ3n) is 3.01. The number of nitrogens with one attached hydrogen (secondary N) is 1. The summed E-state index contributed by atoms with van der Waals surface area (Å²) in [5, 5.41) is 12.2. The fraction of sp³-hybridized carbons (Fsp3) is 0.417. The Morgan fingerprint density at radius 1 is 1.38 bits per heavy atom. The third kappa shape index (κ3) is 2.27. The molecular weight excluding hydrogens is 204 g/mol. The van der Waals surface area contributed by atoms with E-state index in [-0.39, 0.29) is 5.56 Å². The maximum Gasteiger partial charge on any atom is 0.335 e. The lowest BCUT2D eigenvalue weighted by atomic mass is 10.1. The first-order valence-electron chi connectivity index (χ1n) is 5.56. The van der Waals surface area contributed by atoms with Crippen LogP contribution in [0.5, 0.6) is 0 Å². The quantitative estimate of drug-likeness (QED) is 0.683. The number of aromatic carboxylic acids is 1. The number of hydrogen-bond acceptors (Lipinski definition) is 3. The number of anilines is 2. The molecule has 0 unspecified atom stereocenters. The molecule has 1 aromatic rings. The van der Waals surface area contributed by atoms with Gasteiger partial charge in [-0.15, -0.1) is 0 Å². The smallest absolute Gasteiger partial charge is 0.335 e. The van der Waals surface area contributed by atoms with Crippen LogP contribution >= 0.6 is 0 Å². The fourth-order valence-corrected chi connectivity index (χ4v) is 2.12. The van der Waals surface area contributed by atoms with Gasteiger partial charge in [0.1, 0.15) is 0 Å². The maximum atomic E-state index is 10.7. The highest BCUT2D eigenvalue weighted by Gasteiger charge is 2.15. The lowest BCUT2D eigenvalue weighted by Gasteiger charge is -2.15. The molecule has 0 saturated heterocycles. The first-order chi connectivity index (χ1) is 7.66. The minimum absolute atomic E-state index is 0.231. The highest BCUT2D eigenvalue weighted by molar-refractivity contribution is 5.90. The van der Waals surface area contributed by atoms with Crippen molar-refractivity contribution in [1.29, 1.82) is 0 Å². The van der Waals surface area contributed by atoms with E-state index in [2.05, 4.69) is 5.32 Å². The molecule has 0 bridgehead atoms. The summed E-state index contributed by atoms with van der Waals surface area (Å²) in [6.07, 6.45) is 4.84. The Kier molecular flexibility index (Phi) is 2.99. The molecule has 16 heavy (non-hydrogen) atoms. The van der Waals surface area contributed by atoms with Gasteiger partial charge in [-0.3, -0.25) is 0 Å². The number of nitrogen functional groups attached to an aromatic ring is 1. The molecular formula is C12H16N2O2. The van der Waals surface area contributed by atoms with Crippen LogP contribution in [0.1, 0.15) is 36.0 Å². The number of carbonyl (C=O) groups is 1. The zero-order valence-electron chi connectivity index (χ0n) is 9.07. The highest BCUT2D eigenvalue weighted by atomic mass is 16.4. The molecule has 1 aliphatic rings. The van der Waals surface area contributed by atoms with Gasteiger partial charge in [0, 0.05) is 6.04 Å². The van der Waals surface area contributed by atoms with Gasteiger partial charge in [-0.05, 0) is 31.0 Å². The predicted molar refractivity (Wildman–Crippen MR) is 63.7 cm³/mol. The molecule has 2 rings (SSSR count). The van der Waals surface area contributed by atoms with Gasteiger partial charge < -0.3 is 16.2 Å². The second-order valence-corrected chi connectivity index (χ2v) is 4.23. The zero-order chi connectivity index (χ0) is 11.5. The van der Waals surface area contributed by atoms with Crippen LogP contribution in [-0.4, -0.2) is 17.1 Å². The van der Waals surface area contributed by atoms with Crippen LogP contribution in [0.3, 0.4) is 0 Å². The summed E-state index contributed by atoms with van der Waals surface area (Å²) in [6, 6.07) is 5.31. The van der Waals surface area contributed by atoms with E-state index < -0.39 is 5.97 Å². The molecule has 0 radical (unpaired) electrons. The highest BCUT2D eigenvalue weighted by Crippen LogP contribution is 2.26. The number of nitrogens with two attached hydrogens (primary N) is 1. The Balaban J connectivity index is 2.12. The van der Waals surface area contributed by atoms with Crippen LogP contribution < -0.4 is 11.1 Å². The molecule has 1 aliphatic carbocycles. The summed E-state index contributed by atoms with van der Waals surface area (Å²) in [7, 11) is 0. The molecule has 1 aromatic carbocycles. The van der Waals surface area contributed by atoms with Gasteiger partial charge >= 0.3 is 5.97 Å². The van der Waals surface area contributed by atoms with E-state index in [1.807, 2.05) is 0 Å². The minimum atomic E-state index is -0.945. The van der Waals surface area contributed by atoms with Crippen molar-refractivity contribution < 1.29 is 9.90 Å². The average molecular weight is 220 g/mol. The van der Waals surface area contributed by atoms with Crippen LogP contribution in [0.4, 0.5) is 11.4 Å². The first-order valence-corrected chi connectivity index (χ1v) is 5.56. The van der Waals surface area contributed by atoms with E-state index in [9.17, 15) is 4.79 Å². The van der Waals surface area contributed by atoms with Gasteiger partial charge in [0.15, 0.2) is 0 Å². The monoisotopic (exact) mass is 220 g/mol. The van der Waals surface area contributed by atoms with Gasteiger partial charge in [-0.1, -0.05) is 12.8 Å². The number of hydrogen-bond donors (Lipinski definition) is 3.